The molecule has 5 nitrogen and oxygen atoms in total. The number of hydrogen-bond acceptors (Lipinski definition) is 5. The van der Waals surface area contributed by atoms with Crippen LogP contribution < -0.4 is 5.32 Å². The van der Waals surface area contributed by atoms with Crippen LogP contribution in [0.5, 0.6) is 0 Å². The number of nitrogens with one attached hydrogen (secondary N) is 1. The van der Waals surface area contributed by atoms with Crippen LogP contribution in [-0.4, -0.2) is 13.4 Å². The number of rotatable bonds is 6. The van der Waals surface area contributed by atoms with Crippen molar-refractivity contribution in [1.82, 2.24) is 4.98 Å². The fourth-order valence-corrected chi connectivity index (χ4v) is 4.33. The number of nitrogens with zero attached hydrogens (tertiary/aromatic N) is 1. The molecule has 0 bridgehead atoms. The number of halogens is 2. The van der Waals surface area contributed by atoms with E-state index in [2.05, 4.69) is 10.3 Å². The van der Waals surface area contributed by atoms with Crippen molar-refractivity contribution in [2.24, 2.45) is 0 Å². The molecule has 1 N–H and O–H groups in total. The molecule has 0 spiro atoms. The highest BCUT2D eigenvalue weighted by Crippen LogP contribution is 2.33. The van der Waals surface area contributed by atoms with E-state index in [9.17, 15) is 12.8 Å². The van der Waals surface area contributed by atoms with E-state index in [-0.39, 0.29) is 21.7 Å². The molecule has 0 unspecified atom stereocenters. The lowest BCUT2D eigenvalue weighted by molar-refractivity contribution is 0.576. The Kier molecular flexibility index (Phi) is 5.80. The average Bonchev–Trinajstić information content (AvgIpc) is 3.19. The van der Waals surface area contributed by atoms with E-state index >= 15 is 0 Å². The minimum absolute atomic E-state index is 0.00912. The Hall–Kier alpha value is -3.16. The lowest BCUT2D eigenvalue weighted by Gasteiger charge is -2.07. The van der Waals surface area contributed by atoms with E-state index < -0.39 is 15.7 Å². The summed E-state index contributed by atoms with van der Waals surface area (Å²) in [7, 11) is -3.99. The van der Waals surface area contributed by atoms with Crippen LogP contribution in [-0.2, 0) is 16.4 Å². The molecule has 1 aromatic heterocycles. The van der Waals surface area contributed by atoms with E-state index in [4.69, 9.17) is 16.0 Å². The zero-order chi connectivity index (χ0) is 22.0. The smallest absolute Gasteiger partial charge is 0.234 e. The van der Waals surface area contributed by atoms with Crippen LogP contribution in [0.4, 0.5) is 10.3 Å². The highest BCUT2D eigenvalue weighted by Gasteiger charge is 2.28. The molecule has 0 radical (unpaired) electrons. The van der Waals surface area contributed by atoms with Gasteiger partial charge in [0.05, 0.1) is 4.90 Å². The van der Waals surface area contributed by atoms with E-state index in [0.29, 0.717) is 17.1 Å². The molecule has 0 atom stereocenters. The number of oxazole rings is 1. The van der Waals surface area contributed by atoms with Crippen LogP contribution in [0.2, 0.25) is 5.02 Å². The summed E-state index contributed by atoms with van der Waals surface area (Å²) in [6.45, 7) is 2.32. The monoisotopic (exact) mass is 456 g/mol. The highest BCUT2D eigenvalue weighted by atomic mass is 35.5. The van der Waals surface area contributed by atoms with Gasteiger partial charge in [-0.3, -0.25) is 0 Å². The maximum Gasteiger partial charge on any atom is 0.234 e. The second-order valence-electron chi connectivity index (χ2n) is 6.96. The van der Waals surface area contributed by atoms with Gasteiger partial charge in [0.25, 0.3) is 0 Å². The van der Waals surface area contributed by atoms with Crippen molar-refractivity contribution < 1.29 is 17.2 Å². The summed E-state index contributed by atoms with van der Waals surface area (Å²) in [4.78, 5) is 4.27. The van der Waals surface area contributed by atoms with E-state index in [1.807, 2.05) is 31.2 Å². The minimum atomic E-state index is -3.99. The summed E-state index contributed by atoms with van der Waals surface area (Å²) in [6.07, 6.45) is 0. The molecule has 8 heteroatoms. The predicted molar refractivity (Wildman–Crippen MR) is 117 cm³/mol. The number of sulfone groups is 1. The average molecular weight is 457 g/mol. The molecule has 0 amide bonds. The molecular weight excluding hydrogens is 439 g/mol. The van der Waals surface area contributed by atoms with Gasteiger partial charge in [0.2, 0.25) is 26.6 Å². The summed E-state index contributed by atoms with van der Waals surface area (Å²) in [5.74, 6) is -0.337. The van der Waals surface area contributed by atoms with Crippen molar-refractivity contribution in [2.45, 2.75) is 23.4 Å². The van der Waals surface area contributed by atoms with Crippen molar-refractivity contribution in [3.63, 3.8) is 0 Å². The normalized spacial score (nSPS) is 11.5. The number of aryl methyl sites for hydroxylation is 1. The summed E-state index contributed by atoms with van der Waals surface area (Å²) in [5, 5.41) is 3.20. The van der Waals surface area contributed by atoms with Gasteiger partial charge in [0.15, 0.2) is 0 Å². The third-order valence-electron chi connectivity index (χ3n) is 4.64. The standard InChI is InChI=1S/C23H18ClFN2O3S/c1-15-2-4-16(5-3-15)14-26-22-23(31(28,29)20-12-8-18(24)9-13-20)27-21(30-22)17-6-10-19(25)11-7-17/h2-13,26H,14H2,1H3. The predicted octanol–water partition coefficient (Wildman–Crippen LogP) is 5.89. The number of anilines is 1. The molecule has 158 valence electrons. The SMILES string of the molecule is Cc1ccc(CNc2oc(-c3ccc(F)cc3)nc2S(=O)(=O)c2ccc(Cl)cc2)cc1. The first-order valence-corrected chi connectivity index (χ1v) is 11.3. The quantitative estimate of drug-likeness (QED) is 0.392. The summed E-state index contributed by atoms with van der Waals surface area (Å²) < 4.78 is 45.6. The van der Waals surface area contributed by atoms with Crippen LogP contribution in [0.3, 0.4) is 0 Å². The van der Waals surface area contributed by atoms with Gasteiger partial charge in [-0.25, -0.2) is 12.8 Å². The fourth-order valence-electron chi connectivity index (χ4n) is 2.93. The van der Waals surface area contributed by atoms with E-state index in [0.717, 1.165) is 11.1 Å². The Bertz CT molecular complexity index is 1300. The Morgan fingerprint density at radius 2 is 1.61 bits per heavy atom. The third kappa shape index (κ3) is 4.62. The van der Waals surface area contributed by atoms with Gasteiger partial charge in [-0.2, -0.15) is 4.98 Å². The molecule has 0 fully saturated rings. The fraction of sp³-hybridized carbons (Fsp3) is 0.0870. The molecular formula is C23H18ClFN2O3S. The maximum absolute atomic E-state index is 13.3. The Labute approximate surface area is 184 Å². The molecule has 31 heavy (non-hydrogen) atoms. The van der Waals surface area contributed by atoms with Gasteiger partial charge >= 0.3 is 0 Å². The largest absolute Gasteiger partial charge is 0.419 e. The van der Waals surface area contributed by atoms with Crippen molar-refractivity contribution in [2.75, 3.05) is 5.32 Å². The van der Waals surface area contributed by atoms with Crippen molar-refractivity contribution in [1.29, 1.82) is 0 Å². The van der Waals surface area contributed by atoms with Crippen LogP contribution >= 0.6 is 11.6 Å². The number of benzene rings is 3. The maximum atomic E-state index is 13.3. The lowest BCUT2D eigenvalue weighted by atomic mass is 10.1. The Morgan fingerprint density at radius 1 is 0.968 bits per heavy atom. The van der Waals surface area contributed by atoms with Gasteiger partial charge in [-0.05, 0) is 61.0 Å². The van der Waals surface area contributed by atoms with Crippen molar-refractivity contribution in [3.8, 4) is 11.5 Å². The molecule has 0 saturated heterocycles. The number of hydrogen-bond donors (Lipinski definition) is 1. The van der Waals surface area contributed by atoms with Gasteiger partial charge in [0.1, 0.15) is 5.82 Å². The summed E-state index contributed by atoms with van der Waals surface area (Å²) >= 11 is 5.89. The number of aromatic nitrogens is 1. The minimum Gasteiger partial charge on any atom is -0.419 e. The molecule has 4 aromatic rings. The highest BCUT2D eigenvalue weighted by molar-refractivity contribution is 7.91. The third-order valence-corrected chi connectivity index (χ3v) is 6.57. The Morgan fingerprint density at radius 3 is 2.26 bits per heavy atom. The first-order valence-electron chi connectivity index (χ1n) is 9.40. The van der Waals surface area contributed by atoms with Gasteiger partial charge in [-0.15, -0.1) is 0 Å². The summed E-state index contributed by atoms with van der Waals surface area (Å²) in [5.41, 5.74) is 2.52. The van der Waals surface area contributed by atoms with E-state index in [1.54, 1.807) is 0 Å². The first kappa shape index (κ1) is 21.1. The van der Waals surface area contributed by atoms with Gasteiger partial charge in [-0.1, -0.05) is 41.4 Å². The molecule has 0 aliphatic heterocycles. The van der Waals surface area contributed by atoms with Crippen LogP contribution in [0.25, 0.3) is 11.5 Å². The van der Waals surface area contributed by atoms with Gasteiger partial charge in [0, 0.05) is 17.1 Å². The molecule has 1 heterocycles. The lowest BCUT2D eigenvalue weighted by Crippen LogP contribution is -2.07. The van der Waals surface area contributed by atoms with E-state index in [1.165, 1.54) is 48.5 Å². The molecule has 0 aliphatic rings. The zero-order valence-corrected chi connectivity index (χ0v) is 18.0. The molecule has 4 rings (SSSR count). The molecule has 0 aliphatic carbocycles. The topological polar surface area (TPSA) is 72.2 Å². The van der Waals surface area contributed by atoms with Gasteiger partial charge < -0.3 is 9.73 Å². The second-order valence-corrected chi connectivity index (χ2v) is 9.26. The Balaban J connectivity index is 1.74. The van der Waals surface area contributed by atoms with Crippen molar-refractivity contribution in [3.05, 3.63) is 94.8 Å². The zero-order valence-electron chi connectivity index (χ0n) is 16.5. The summed E-state index contributed by atoms with van der Waals surface area (Å²) in [6, 6.07) is 19.1. The molecule has 0 saturated carbocycles. The first-order chi connectivity index (χ1) is 14.8. The van der Waals surface area contributed by atoms with Crippen LogP contribution in [0.15, 0.2) is 87.1 Å². The van der Waals surface area contributed by atoms with Crippen LogP contribution in [0, 0.1) is 12.7 Å². The second kappa shape index (κ2) is 8.53. The van der Waals surface area contributed by atoms with Crippen molar-refractivity contribution >= 4 is 27.3 Å². The molecule has 3 aromatic carbocycles. The van der Waals surface area contributed by atoms with Crippen LogP contribution in [0.1, 0.15) is 11.1 Å².